The topological polar surface area (TPSA) is 89.4 Å². The number of rotatable bonds is 7. The van der Waals surface area contributed by atoms with Crippen molar-refractivity contribution in [1.82, 2.24) is 25.0 Å². The van der Waals surface area contributed by atoms with Crippen LogP contribution in [0.5, 0.6) is 0 Å². The van der Waals surface area contributed by atoms with Crippen molar-refractivity contribution >= 4 is 23.8 Å². The van der Waals surface area contributed by atoms with Crippen molar-refractivity contribution in [2.24, 2.45) is 0 Å². The van der Waals surface area contributed by atoms with Gasteiger partial charge in [-0.15, -0.1) is 10.2 Å². The van der Waals surface area contributed by atoms with E-state index in [2.05, 4.69) is 15.5 Å². The van der Waals surface area contributed by atoms with Gasteiger partial charge < -0.3 is 14.6 Å². The second kappa shape index (κ2) is 8.28. The largest absolute Gasteiger partial charge is 0.466 e. The van der Waals surface area contributed by atoms with Crippen molar-refractivity contribution in [3.05, 3.63) is 53.5 Å². The Morgan fingerprint density at radius 2 is 2.07 bits per heavy atom. The lowest BCUT2D eigenvalue weighted by Gasteiger charge is -2.36. The number of nitrogens with one attached hydrogen (secondary N) is 1. The van der Waals surface area contributed by atoms with Crippen LogP contribution in [0.15, 0.2) is 53.1 Å². The fourth-order valence-corrected chi connectivity index (χ4v) is 4.50. The van der Waals surface area contributed by atoms with Gasteiger partial charge in [-0.25, -0.2) is 9.59 Å². The van der Waals surface area contributed by atoms with Gasteiger partial charge in [0.2, 0.25) is 0 Å². The smallest absolute Gasteiger partial charge is 0.338 e. The number of carbonyl (C=O) groups excluding carboxylic acids is 2. The molecule has 0 radical (unpaired) electrons. The van der Waals surface area contributed by atoms with Gasteiger partial charge in [0, 0.05) is 24.0 Å². The molecule has 1 N–H and O–H groups in total. The number of aromatic nitrogens is 3. The first kappa shape index (κ1) is 19.5. The molecule has 2 aliphatic rings. The molecule has 1 fully saturated rings. The van der Waals surface area contributed by atoms with Crippen LogP contribution in [0.2, 0.25) is 0 Å². The molecule has 1 aliphatic carbocycles. The number of hydrogen-bond donors (Lipinski definition) is 1. The van der Waals surface area contributed by atoms with Gasteiger partial charge in [-0.3, -0.25) is 4.90 Å². The number of ether oxygens (including phenoxy) is 1. The zero-order valence-electron chi connectivity index (χ0n) is 16.4. The van der Waals surface area contributed by atoms with Crippen LogP contribution in [0.25, 0.3) is 0 Å². The third kappa shape index (κ3) is 3.87. The van der Waals surface area contributed by atoms with E-state index >= 15 is 0 Å². The number of amides is 2. The second-order valence-corrected chi connectivity index (χ2v) is 7.88. The molecule has 2 amide bonds. The molecule has 0 bridgehead atoms. The summed E-state index contributed by atoms with van der Waals surface area (Å²) >= 11 is 1.47. The Balaban J connectivity index is 1.76. The lowest BCUT2D eigenvalue weighted by Crippen LogP contribution is -2.50. The number of esters is 1. The van der Waals surface area contributed by atoms with Gasteiger partial charge in [-0.2, -0.15) is 0 Å². The number of hydrogen-bond acceptors (Lipinski definition) is 6. The highest BCUT2D eigenvalue weighted by Gasteiger charge is 2.44. The zero-order valence-corrected chi connectivity index (χ0v) is 17.2. The fourth-order valence-electron chi connectivity index (χ4n) is 3.50. The van der Waals surface area contributed by atoms with Gasteiger partial charge in [0.25, 0.3) is 0 Å². The summed E-state index contributed by atoms with van der Waals surface area (Å²) in [4.78, 5) is 27.6. The van der Waals surface area contributed by atoms with Gasteiger partial charge in [0.1, 0.15) is 6.33 Å². The highest BCUT2D eigenvalue weighted by Crippen LogP contribution is 2.39. The maximum absolute atomic E-state index is 13.0. The summed E-state index contributed by atoms with van der Waals surface area (Å²) in [5.74, 6) is -0.00631. The van der Waals surface area contributed by atoms with E-state index in [1.807, 2.05) is 41.8 Å². The average Bonchev–Trinajstić information content (AvgIpc) is 3.48. The molecule has 0 spiro atoms. The predicted molar refractivity (Wildman–Crippen MR) is 108 cm³/mol. The van der Waals surface area contributed by atoms with Crippen molar-refractivity contribution in [3.63, 3.8) is 0 Å². The summed E-state index contributed by atoms with van der Waals surface area (Å²) in [5.41, 5.74) is 2.00. The molecule has 0 saturated heterocycles. The standard InChI is InChI=1S/C20H23N5O3S/c1-3-24-12-21-23-20(24)29-11-15-16(18(26)28-2)17(13-7-5-4-6-8-13)22-19(27)25(15)14-9-10-14/h4-8,12,14,17H,3,9-11H2,1-2H3,(H,22,27). The summed E-state index contributed by atoms with van der Waals surface area (Å²) in [6.07, 6.45) is 3.53. The SMILES string of the molecule is CCn1cnnc1SCC1=C(C(=O)OC)C(c2ccccc2)NC(=O)N1C1CC1. The minimum atomic E-state index is -0.550. The van der Waals surface area contributed by atoms with Crippen LogP contribution in [0.1, 0.15) is 31.4 Å². The maximum Gasteiger partial charge on any atom is 0.338 e. The Morgan fingerprint density at radius 1 is 1.31 bits per heavy atom. The van der Waals surface area contributed by atoms with E-state index < -0.39 is 12.0 Å². The highest BCUT2D eigenvalue weighted by atomic mass is 32.2. The van der Waals surface area contributed by atoms with Gasteiger partial charge in [-0.1, -0.05) is 42.1 Å². The lowest BCUT2D eigenvalue weighted by atomic mass is 9.95. The average molecular weight is 414 g/mol. The number of benzene rings is 1. The number of nitrogens with zero attached hydrogens (tertiary/aromatic N) is 4. The Kier molecular flexibility index (Phi) is 5.57. The fraction of sp³-hybridized carbons (Fsp3) is 0.400. The van der Waals surface area contributed by atoms with E-state index in [4.69, 9.17) is 4.74 Å². The minimum absolute atomic E-state index is 0.117. The summed E-state index contributed by atoms with van der Waals surface area (Å²) in [6, 6.07) is 8.88. The first-order valence-electron chi connectivity index (χ1n) is 9.60. The van der Waals surface area contributed by atoms with E-state index in [-0.39, 0.29) is 12.1 Å². The van der Waals surface area contributed by atoms with Crippen LogP contribution in [-0.2, 0) is 16.1 Å². The summed E-state index contributed by atoms with van der Waals surface area (Å²) in [5, 5.41) is 11.9. The van der Waals surface area contributed by atoms with E-state index in [9.17, 15) is 9.59 Å². The first-order valence-corrected chi connectivity index (χ1v) is 10.6. The molecule has 2 aromatic rings. The van der Waals surface area contributed by atoms with Crippen molar-refractivity contribution in [1.29, 1.82) is 0 Å². The molecule has 8 nitrogen and oxygen atoms in total. The molecule has 1 atom stereocenters. The summed E-state index contributed by atoms with van der Waals surface area (Å²) in [7, 11) is 1.37. The number of aryl methyl sites for hydroxylation is 1. The van der Waals surface area contributed by atoms with Crippen LogP contribution in [0, 0.1) is 0 Å². The Bertz CT molecular complexity index is 939. The molecule has 2 heterocycles. The highest BCUT2D eigenvalue weighted by molar-refractivity contribution is 7.99. The maximum atomic E-state index is 13.0. The van der Waals surface area contributed by atoms with Gasteiger partial charge in [0.05, 0.1) is 18.7 Å². The van der Waals surface area contributed by atoms with Gasteiger partial charge in [0.15, 0.2) is 5.16 Å². The van der Waals surface area contributed by atoms with Gasteiger partial charge >= 0.3 is 12.0 Å². The van der Waals surface area contributed by atoms with Crippen molar-refractivity contribution in [2.75, 3.05) is 12.9 Å². The molecular formula is C20H23N5O3S. The molecule has 29 heavy (non-hydrogen) atoms. The number of methoxy groups -OCH3 is 1. The minimum Gasteiger partial charge on any atom is -0.466 e. The lowest BCUT2D eigenvalue weighted by molar-refractivity contribution is -0.136. The monoisotopic (exact) mass is 413 g/mol. The van der Waals surface area contributed by atoms with E-state index in [0.717, 1.165) is 30.1 Å². The quantitative estimate of drug-likeness (QED) is 0.555. The van der Waals surface area contributed by atoms with Gasteiger partial charge in [-0.05, 0) is 25.3 Å². The van der Waals surface area contributed by atoms with Crippen molar-refractivity contribution in [3.8, 4) is 0 Å². The van der Waals surface area contributed by atoms with Crippen molar-refractivity contribution in [2.45, 2.75) is 43.6 Å². The summed E-state index contributed by atoms with van der Waals surface area (Å²) in [6.45, 7) is 2.76. The molecule has 152 valence electrons. The molecular weight excluding hydrogens is 390 g/mol. The van der Waals surface area contributed by atoms with Crippen LogP contribution in [0.3, 0.4) is 0 Å². The molecule has 1 aromatic heterocycles. The van der Waals surface area contributed by atoms with E-state index in [1.165, 1.54) is 18.9 Å². The zero-order chi connectivity index (χ0) is 20.4. The third-order valence-electron chi connectivity index (χ3n) is 5.09. The molecule has 1 aromatic carbocycles. The van der Waals surface area contributed by atoms with E-state index in [1.54, 1.807) is 11.2 Å². The normalized spacial score (nSPS) is 19.3. The van der Waals surface area contributed by atoms with E-state index in [0.29, 0.717) is 17.0 Å². The molecule has 4 rings (SSSR count). The second-order valence-electron chi connectivity index (χ2n) is 6.93. The Labute approximate surface area is 173 Å². The molecule has 1 saturated carbocycles. The molecule has 9 heteroatoms. The van der Waals surface area contributed by atoms with Crippen molar-refractivity contribution < 1.29 is 14.3 Å². The predicted octanol–water partition coefficient (Wildman–Crippen LogP) is 2.75. The molecule has 1 aliphatic heterocycles. The Morgan fingerprint density at radius 3 is 2.72 bits per heavy atom. The van der Waals surface area contributed by atoms with Crippen LogP contribution in [0.4, 0.5) is 4.79 Å². The van der Waals surface area contributed by atoms with Crippen LogP contribution < -0.4 is 5.32 Å². The Hall–Kier alpha value is -2.81. The molecule has 1 unspecified atom stereocenters. The summed E-state index contributed by atoms with van der Waals surface area (Å²) < 4.78 is 7.05. The third-order valence-corrected chi connectivity index (χ3v) is 6.08. The first-order chi connectivity index (χ1) is 14.1. The number of thioether (sulfide) groups is 1. The number of urea groups is 1. The van der Waals surface area contributed by atoms with Crippen LogP contribution >= 0.6 is 11.8 Å². The van der Waals surface area contributed by atoms with Crippen LogP contribution in [-0.4, -0.2) is 50.6 Å². The number of carbonyl (C=O) groups is 2.